The number of hydrogen-bond donors (Lipinski definition) is 4. The molecule has 0 saturated heterocycles. The van der Waals surface area contributed by atoms with E-state index >= 15 is 0 Å². The first-order valence-corrected chi connectivity index (χ1v) is 12.7. The van der Waals surface area contributed by atoms with Gasteiger partial charge in [0, 0.05) is 13.0 Å². The molecule has 0 heterocycles. The number of hydrogen-bond acceptors (Lipinski definition) is 8. The van der Waals surface area contributed by atoms with E-state index in [1.807, 2.05) is 36.4 Å². The maximum Gasteiger partial charge on any atom is 0.408 e. The van der Waals surface area contributed by atoms with E-state index < -0.39 is 40.7 Å². The third kappa shape index (κ3) is 12.7. The molecule has 0 saturated carbocycles. The topological polar surface area (TPSA) is 187 Å². The number of esters is 1. The monoisotopic (exact) mass is 556 g/mol. The number of alkyl carbamates (subject to hydrolysis) is 1. The number of carbonyl (C=O) groups is 3. The van der Waals surface area contributed by atoms with Gasteiger partial charge in [-0.05, 0) is 44.7 Å². The van der Waals surface area contributed by atoms with E-state index in [0.717, 1.165) is 11.1 Å². The van der Waals surface area contributed by atoms with Gasteiger partial charge in [-0.15, -0.1) is 0 Å². The van der Waals surface area contributed by atoms with Crippen LogP contribution in [0, 0.1) is 10.1 Å². The number of amides is 2. The Labute approximate surface area is 232 Å². The molecule has 0 aliphatic carbocycles. The van der Waals surface area contributed by atoms with Crippen LogP contribution in [-0.4, -0.2) is 53.2 Å². The van der Waals surface area contributed by atoms with Crippen molar-refractivity contribution >= 4 is 23.9 Å². The highest BCUT2D eigenvalue weighted by Gasteiger charge is 2.29. The van der Waals surface area contributed by atoms with Crippen LogP contribution in [0.15, 0.2) is 65.7 Å². The van der Waals surface area contributed by atoms with Gasteiger partial charge in [0.2, 0.25) is 5.91 Å². The molecule has 0 unspecified atom stereocenters. The average molecular weight is 557 g/mol. The molecule has 0 fully saturated rings. The highest BCUT2D eigenvalue weighted by atomic mass is 16.7. The molecule has 0 aromatic heterocycles. The van der Waals surface area contributed by atoms with E-state index in [0.29, 0.717) is 0 Å². The molecule has 40 heavy (non-hydrogen) atoms. The molecule has 13 nitrogen and oxygen atoms in total. The molecule has 216 valence electrons. The van der Waals surface area contributed by atoms with Crippen molar-refractivity contribution in [1.82, 2.24) is 16.1 Å². The molecule has 2 aromatic rings. The molecule has 0 spiro atoms. The zero-order chi connectivity index (χ0) is 29.5. The van der Waals surface area contributed by atoms with Crippen LogP contribution in [0.1, 0.15) is 44.7 Å². The largest absolute Gasteiger partial charge is 0.459 e. The summed E-state index contributed by atoms with van der Waals surface area (Å²) in [5.41, 5.74) is 7.92. The Balaban J connectivity index is 2.16. The van der Waals surface area contributed by atoms with Gasteiger partial charge in [-0.25, -0.2) is 24.7 Å². The summed E-state index contributed by atoms with van der Waals surface area (Å²) in [4.78, 5) is 53.2. The lowest BCUT2D eigenvalue weighted by Crippen LogP contribution is -2.53. The number of hydrazine groups is 1. The maximum atomic E-state index is 13.4. The van der Waals surface area contributed by atoms with Gasteiger partial charge in [0.25, 0.3) is 5.96 Å². The molecule has 5 N–H and O–H groups in total. The zero-order valence-electron chi connectivity index (χ0n) is 22.8. The van der Waals surface area contributed by atoms with Crippen LogP contribution in [0.2, 0.25) is 0 Å². The molecule has 2 amide bonds. The number of aliphatic imine (C=N–C) groups is 1. The van der Waals surface area contributed by atoms with Gasteiger partial charge >= 0.3 is 12.1 Å². The van der Waals surface area contributed by atoms with E-state index in [1.165, 1.54) is 0 Å². The molecular weight excluding hydrogens is 520 g/mol. The first-order chi connectivity index (χ1) is 18.9. The van der Waals surface area contributed by atoms with Crippen LogP contribution in [0.25, 0.3) is 0 Å². The number of nitrogens with zero attached hydrogens (tertiary/aromatic N) is 2. The first-order valence-electron chi connectivity index (χ1n) is 12.7. The molecule has 0 aliphatic rings. The third-order valence-electron chi connectivity index (χ3n) is 5.25. The predicted molar refractivity (Wildman–Crippen MR) is 147 cm³/mol. The SMILES string of the molecule is CC(C)(C)OC(=O)N[C@@H](Cc1ccccc1)C(=O)N[C@@H](CCCN=C(N)N[N+](=O)[O-])C(=O)OCc1ccccc1. The van der Waals surface area contributed by atoms with E-state index in [4.69, 9.17) is 15.2 Å². The standard InChI is InChI=1S/C27H36N6O7/c1-27(2,3)40-26(36)31-22(17-19-11-6-4-7-12-19)23(34)30-21(15-10-16-29-25(28)32-33(37)38)24(35)39-18-20-13-8-5-9-14-20/h4-9,11-14,21-22H,10,15-18H2,1-3H3,(H,30,34)(H,31,36)(H3,28,29,32)/t21-,22-/m0/s1. The van der Waals surface area contributed by atoms with E-state index in [-0.39, 0.29) is 38.4 Å². The minimum absolute atomic E-state index is 0.00645. The lowest BCUT2D eigenvalue weighted by Gasteiger charge is -2.25. The summed E-state index contributed by atoms with van der Waals surface area (Å²) in [7, 11) is 0. The Morgan fingerprint density at radius 2 is 1.57 bits per heavy atom. The third-order valence-corrected chi connectivity index (χ3v) is 5.25. The highest BCUT2D eigenvalue weighted by Crippen LogP contribution is 2.11. The Bertz CT molecular complexity index is 1150. The Kier molecular flexibility index (Phi) is 12.4. The number of rotatable bonds is 13. The smallest absolute Gasteiger partial charge is 0.408 e. The number of carbonyl (C=O) groups excluding carboxylic acids is 3. The van der Waals surface area contributed by atoms with Crippen molar-refractivity contribution in [3.8, 4) is 0 Å². The number of nitro groups is 1. The fraction of sp³-hybridized carbons (Fsp3) is 0.407. The van der Waals surface area contributed by atoms with Crippen molar-refractivity contribution in [2.45, 2.75) is 64.3 Å². The number of nitrogens with one attached hydrogen (secondary N) is 3. The lowest BCUT2D eigenvalue weighted by atomic mass is 10.0. The molecule has 0 bridgehead atoms. The molecule has 0 aliphatic heterocycles. The van der Waals surface area contributed by atoms with Crippen LogP contribution >= 0.6 is 0 Å². The summed E-state index contributed by atoms with van der Waals surface area (Å²) in [6.07, 6.45) is -0.298. The fourth-order valence-electron chi connectivity index (χ4n) is 3.48. The second-order valence-corrected chi connectivity index (χ2v) is 9.82. The van der Waals surface area contributed by atoms with Crippen molar-refractivity contribution in [2.24, 2.45) is 10.7 Å². The van der Waals surface area contributed by atoms with Crippen molar-refractivity contribution in [1.29, 1.82) is 0 Å². The maximum absolute atomic E-state index is 13.4. The minimum Gasteiger partial charge on any atom is -0.459 e. The molecule has 0 radical (unpaired) electrons. The summed E-state index contributed by atoms with van der Waals surface area (Å²) in [5, 5.41) is 14.9. The van der Waals surface area contributed by atoms with E-state index in [2.05, 4.69) is 15.6 Å². The lowest BCUT2D eigenvalue weighted by molar-refractivity contribution is -0.525. The van der Waals surface area contributed by atoms with Gasteiger partial charge in [-0.3, -0.25) is 4.79 Å². The van der Waals surface area contributed by atoms with Gasteiger partial charge in [0.15, 0.2) is 5.03 Å². The van der Waals surface area contributed by atoms with Crippen LogP contribution in [0.4, 0.5) is 4.79 Å². The molecule has 13 heteroatoms. The Morgan fingerprint density at radius 1 is 0.975 bits per heavy atom. The van der Waals surface area contributed by atoms with Crippen molar-refractivity contribution < 1.29 is 28.9 Å². The molecule has 2 rings (SSSR count). The second kappa shape index (κ2) is 15.7. The average Bonchev–Trinajstić information content (AvgIpc) is 2.88. The summed E-state index contributed by atoms with van der Waals surface area (Å²) in [6, 6.07) is 15.9. The molecule has 2 atom stereocenters. The van der Waals surface area contributed by atoms with Crippen molar-refractivity contribution in [3.63, 3.8) is 0 Å². The summed E-state index contributed by atoms with van der Waals surface area (Å²) >= 11 is 0. The van der Waals surface area contributed by atoms with Crippen LogP contribution in [-0.2, 0) is 32.1 Å². The normalized spacial score (nSPS) is 12.9. The van der Waals surface area contributed by atoms with Crippen LogP contribution in [0.3, 0.4) is 0 Å². The van der Waals surface area contributed by atoms with Gasteiger partial charge < -0.3 is 25.8 Å². The quantitative estimate of drug-likeness (QED) is 0.0716. The van der Waals surface area contributed by atoms with Crippen molar-refractivity contribution in [2.75, 3.05) is 6.54 Å². The fourth-order valence-corrected chi connectivity index (χ4v) is 3.48. The highest BCUT2D eigenvalue weighted by molar-refractivity contribution is 5.90. The molecular formula is C27H36N6O7. The summed E-state index contributed by atoms with van der Waals surface area (Å²) < 4.78 is 10.8. The Hall–Kier alpha value is -4.68. The van der Waals surface area contributed by atoms with Gasteiger partial charge in [0.1, 0.15) is 24.3 Å². The first kappa shape index (κ1) is 31.5. The second-order valence-electron chi connectivity index (χ2n) is 9.82. The van der Waals surface area contributed by atoms with Gasteiger partial charge in [0.05, 0.1) is 0 Å². The summed E-state index contributed by atoms with van der Waals surface area (Å²) in [5.74, 6) is -1.69. The predicted octanol–water partition coefficient (Wildman–Crippen LogP) is 2.23. The van der Waals surface area contributed by atoms with E-state index in [1.54, 1.807) is 50.5 Å². The van der Waals surface area contributed by atoms with Gasteiger partial charge in [-0.1, -0.05) is 66.1 Å². The number of guanidine groups is 1. The molecule has 2 aromatic carbocycles. The Morgan fingerprint density at radius 3 is 2.15 bits per heavy atom. The summed E-state index contributed by atoms with van der Waals surface area (Å²) in [6.45, 7) is 5.15. The number of nitrogens with two attached hydrogens (primary N) is 1. The van der Waals surface area contributed by atoms with Crippen LogP contribution < -0.4 is 21.8 Å². The number of ether oxygens (including phenoxy) is 2. The van der Waals surface area contributed by atoms with Gasteiger partial charge in [-0.2, -0.15) is 0 Å². The van der Waals surface area contributed by atoms with E-state index in [9.17, 15) is 24.5 Å². The number of benzene rings is 2. The zero-order valence-corrected chi connectivity index (χ0v) is 22.8. The van der Waals surface area contributed by atoms with Crippen LogP contribution in [0.5, 0.6) is 0 Å². The van der Waals surface area contributed by atoms with Crippen molar-refractivity contribution in [3.05, 3.63) is 81.9 Å². The minimum atomic E-state index is -1.09.